The van der Waals surface area contributed by atoms with E-state index in [1.54, 1.807) is 18.2 Å². The van der Waals surface area contributed by atoms with Gasteiger partial charge in [-0.3, -0.25) is 4.79 Å². The molecule has 3 rings (SSSR count). The molecule has 0 saturated heterocycles. The molecular weight excluding hydrogens is 218 g/mol. The maximum atomic E-state index is 12.2. The van der Waals surface area contributed by atoms with Crippen molar-refractivity contribution < 1.29 is 15.0 Å². The number of hydrogen-bond donors (Lipinski definition) is 2. The molecule has 1 fully saturated rings. The van der Waals surface area contributed by atoms with Crippen LogP contribution in [-0.4, -0.2) is 33.2 Å². The zero-order valence-electron chi connectivity index (χ0n) is 9.41. The average Bonchev–Trinajstić information content (AvgIpc) is 2.84. The Morgan fingerprint density at radius 3 is 2.59 bits per heavy atom. The van der Waals surface area contributed by atoms with Crippen LogP contribution in [0, 0.1) is 0 Å². The van der Waals surface area contributed by atoms with Crippen molar-refractivity contribution in [1.29, 1.82) is 0 Å². The summed E-state index contributed by atoms with van der Waals surface area (Å²) in [7, 11) is 0. The highest BCUT2D eigenvalue weighted by molar-refractivity contribution is 5.99. The van der Waals surface area contributed by atoms with Crippen LogP contribution in [0.15, 0.2) is 24.3 Å². The number of carbonyl (C=O) groups is 1. The van der Waals surface area contributed by atoms with Gasteiger partial charge in [-0.2, -0.15) is 0 Å². The van der Waals surface area contributed by atoms with Crippen LogP contribution in [0.25, 0.3) is 0 Å². The van der Waals surface area contributed by atoms with Gasteiger partial charge in [-0.15, -0.1) is 0 Å². The van der Waals surface area contributed by atoms with Gasteiger partial charge in [-0.05, 0) is 25.3 Å². The molecule has 1 heterocycles. The second kappa shape index (κ2) is 3.82. The molecule has 1 saturated carbocycles. The molecule has 4 heteroatoms. The Labute approximate surface area is 99.5 Å². The van der Waals surface area contributed by atoms with E-state index in [4.69, 9.17) is 0 Å². The smallest absolute Gasteiger partial charge is 0.256 e. The molecule has 0 aromatic heterocycles. The second-order valence-corrected chi connectivity index (χ2v) is 4.74. The third kappa shape index (κ3) is 1.48. The average molecular weight is 233 g/mol. The van der Waals surface area contributed by atoms with Gasteiger partial charge >= 0.3 is 0 Å². The summed E-state index contributed by atoms with van der Waals surface area (Å²) < 4.78 is 0. The summed E-state index contributed by atoms with van der Waals surface area (Å²) in [5, 5.41) is 20.0. The van der Waals surface area contributed by atoms with Crippen LogP contribution in [-0.2, 0) is 0 Å². The number of nitrogens with zero attached hydrogens (tertiary/aromatic N) is 1. The van der Waals surface area contributed by atoms with E-state index < -0.39 is 12.3 Å². The summed E-state index contributed by atoms with van der Waals surface area (Å²) in [6.45, 7) is 0. The fourth-order valence-electron chi connectivity index (χ4n) is 2.89. The van der Waals surface area contributed by atoms with Crippen LogP contribution in [0.2, 0.25) is 0 Å². The summed E-state index contributed by atoms with van der Waals surface area (Å²) in [6, 6.07) is 6.84. The number of rotatable bonds is 1. The van der Waals surface area contributed by atoms with Gasteiger partial charge in [0.15, 0.2) is 6.23 Å². The van der Waals surface area contributed by atoms with Crippen molar-refractivity contribution >= 4 is 5.91 Å². The van der Waals surface area contributed by atoms with Crippen molar-refractivity contribution in [2.75, 3.05) is 0 Å². The lowest BCUT2D eigenvalue weighted by molar-refractivity contribution is -0.0281. The molecule has 2 aliphatic rings. The van der Waals surface area contributed by atoms with E-state index in [2.05, 4.69) is 0 Å². The van der Waals surface area contributed by atoms with E-state index >= 15 is 0 Å². The van der Waals surface area contributed by atoms with Gasteiger partial charge in [0.1, 0.15) is 0 Å². The van der Waals surface area contributed by atoms with Crippen molar-refractivity contribution in [3.05, 3.63) is 35.4 Å². The monoisotopic (exact) mass is 233 g/mol. The fourth-order valence-corrected chi connectivity index (χ4v) is 2.89. The summed E-state index contributed by atoms with van der Waals surface area (Å²) in [5.41, 5.74) is 1.20. The van der Waals surface area contributed by atoms with Gasteiger partial charge in [0, 0.05) is 11.1 Å². The van der Waals surface area contributed by atoms with E-state index in [0.29, 0.717) is 17.5 Å². The van der Waals surface area contributed by atoms with Crippen LogP contribution in [0.5, 0.6) is 0 Å². The maximum Gasteiger partial charge on any atom is 0.256 e. The molecule has 1 amide bonds. The van der Waals surface area contributed by atoms with Gasteiger partial charge in [0.2, 0.25) is 0 Å². The van der Waals surface area contributed by atoms with Crippen molar-refractivity contribution in [2.45, 2.75) is 37.6 Å². The van der Waals surface area contributed by atoms with Gasteiger partial charge in [0.05, 0.1) is 12.1 Å². The SMILES string of the molecule is O=C1c2ccccc2C(O)N1[C@H]1CCC[C@@H]1O. The quantitative estimate of drug-likeness (QED) is 0.762. The minimum Gasteiger partial charge on any atom is -0.391 e. The molecule has 0 spiro atoms. The van der Waals surface area contributed by atoms with Crippen molar-refractivity contribution in [2.24, 2.45) is 0 Å². The Morgan fingerprint density at radius 2 is 1.94 bits per heavy atom. The molecule has 1 unspecified atom stereocenters. The molecular formula is C13H15NO3. The molecule has 17 heavy (non-hydrogen) atoms. The first-order valence-corrected chi connectivity index (χ1v) is 5.98. The molecule has 1 aliphatic heterocycles. The summed E-state index contributed by atoms with van der Waals surface area (Å²) in [6.07, 6.45) is 0.952. The number of aliphatic hydroxyl groups is 2. The highest BCUT2D eigenvalue weighted by Gasteiger charge is 2.43. The molecule has 3 atom stereocenters. The first-order chi connectivity index (χ1) is 8.20. The highest BCUT2D eigenvalue weighted by atomic mass is 16.3. The van der Waals surface area contributed by atoms with E-state index in [0.717, 1.165) is 12.8 Å². The minimum atomic E-state index is -0.906. The predicted octanol–water partition coefficient (Wildman–Crippen LogP) is 1.05. The predicted molar refractivity (Wildman–Crippen MR) is 61.2 cm³/mol. The Kier molecular flexibility index (Phi) is 2.42. The first-order valence-electron chi connectivity index (χ1n) is 5.98. The number of amides is 1. The lowest BCUT2D eigenvalue weighted by Gasteiger charge is -2.29. The summed E-state index contributed by atoms with van der Waals surface area (Å²) >= 11 is 0. The van der Waals surface area contributed by atoms with Gasteiger partial charge in [0.25, 0.3) is 5.91 Å². The standard InChI is InChI=1S/C13H15NO3/c15-11-7-3-6-10(11)14-12(16)8-4-1-2-5-9(8)13(14)17/h1-2,4-5,10-12,15-16H,3,6-7H2/t10-,11-,12?/m0/s1. The summed E-state index contributed by atoms with van der Waals surface area (Å²) in [5.74, 6) is -0.168. The number of benzene rings is 1. The van der Waals surface area contributed by atoms with Crippen LogP contribution in [0.4, 0.5) is 0 Å². The normalized spacial score (nSPS) is 32.0. The van der Waals surface area contributed by atoms with Gasteiger partial charge in [-0.25, -0.2) is 0 Å². The minimum absolute atomic E-state index is 0.168. The topological polar surface area (TPSA) is 60.8 Å². The third-order valence-corrected chi connectivity index (χ3v) is 3.77. The van der Waals surface area contributed by atoms with E-state index in [-0.39, 0.29) is 11.9 Å². The van der Waals surface area contributed by atoms with Crippen LogP contribution >= 0.6 is 0 Å². The van der Waals surface area contributed by atoms with Crippen LogP contribution in [0.3, 0.4) is 0 Å². The third-order valence-electron chi connectivity index (χ3n) is 3.77. The van der Waals surface area contributed by atoms with Crippen molar-refractivity contribution in [3.63, 3.8) is 0 Å². The lowest BCUT2D eigenvalue weighted by atomic mass is 10.1. The second-order valence-electron chi connectivity index (χ2n) is 4.74. The highest BCUT2D eigenvalue weighted by Crippen LogP contribution is 2.37. The number of aliphatic hydroxyl groups excluding tert-OH is 2. The van der Waals surface area contributed by atoms with E-state index in [9.17, 15) is 15.0 Å². The number of hydrogen-bond acceptors (Lipinski definition) is 3. The van der Waals surface area contributed by atoms with E-state index in [1.165, 1.54) is 4.90 Å². The van der Waals surface area contributed by atoms with Crippen LogP contribution in [0.1, 0.15) is 41.4 Å². The summed E-state index contributed by atoms with van der Waals surface area (Å²) in [4.78, 5) is 13.6. The largest absolute Gasteiger partial charge is 0.391 e. The zero-order valence-corrected chi connectivity index (χ0v) is 9.41. The zero-order chi connectivity index (χ0) is 12.0. The molecule has 4 nitrogen and oxygen atoms in total. The first kappa shape index (κ1) is 10.7. The fraction of sp³-hybridized carbons (Fsp3) is 0.462. The maximum absolute atomic E-state index is 12.2. The van der Waals surface area contributed by atoms with E-state index in [1.807, 2.05) is 6.07 Å². The Hall–Kier alpha value is -1.39. The molecule has 1 aliphatic carbocycles. The Bertz CT molecular complexity index is 460. The molecule has 2 N–H and O–H groups in total. The van der Waals surface area contributed by atoms with Crippen molar-refractivity contribution in [1.82, 2.24) is 4.90 Å². The number of fused-ring (bicyclic) bond motifs is 1. The van der Waals surface area contributed by atoms with Crippen molar-refractivity contribution in [3.8, 4) is 0 Å². The molecule has 90 valence electrons. The van der Waals surface area contributed by atoms with Gasteiger partial charge in [-0.1, -0.05) is 18.2 Å². The van der Waals surface area contributed by atoms with Gasteiger partial charge < -0.3 is 15.1 Å². The Balaban J connectivity index is 1.97. The van der Waals surface area contributed by atoms with Crippen LogP contribution < -0.4 is 0 Å². The molecule has 0 bridgehead atoms. The Morgan fingerprint density at radius 1 is 1.18 bits per heavy atom. The lowest BCUT2D eigenvalue weighted by Crippen LogP contribution is -2.42. The molecule has 1 aromatic rings. The molecule has 0 radical (unpaired) electrons. The number of carbonyl (C=O) groups excluding carboxylic acids is 1. The molecule has 1 aromatic carbocycles.